The fraction of sp³-hybridized carbons (Fsp3) is 0.542. The van der Waals surface area contributed by atoms with Crippen LogP contribution in [0.2, 0.25) is 0 Å². The number of Topliss-reactive ketones (excluding diaryl/α,β-unsaturated/α-hetero) is 1. The highest BCUT2D eigenvalue weighted by Crippen LogP contribution is 2.22. The molecule has 1 aromatic rings. The first-order chi connectivity index (χ1) is 17.3. The maximum atomic E-state index is 13.0. The third kappa shape index (κ3) is 8.71. The van der Waals surface area contributed by atoms with Crippen LogP contribution in [0.1, 0.15) is 31.6 Å². The van der Waals surface area contributed by atoms with Gasteiger partial charge in [0, 0.05) is 31.4 Å². The molecule has 14 heteroatoms. The zero-order chi connectivity index (χ0) is 27.8. The maximum absolute atomic E-state index is 13.0. The molecule has 1 saturated heterocycles. The summed E-state index contributed by atoms with van der Waals surface area (Å²) in [5, 5.41) is 4.32. The number of aromatic nitrogens is 1. The van der Waals surface area contributed by atoms with Gasteiger partial charge in [-0.05, 0) is 19.9 Å². The van der Waals surface area contributed by atoms with Crippen molar-refractivity contribution in [2.75, 3.05) is 46.4 Å². The van der Waals surface area contributed by atoms with Crippen molar-refractivity contribution >= 4 is 23.7 Å². The monoisotopic (exact) mass is 545 g/mol. The van der Waals surface area contributed by atoms with Gasteiger partial charge in [0.15, 0.2) is 5.78 Å². The maximum Gasteiger partial charge on any atom is 0.410 e. The fourth-order valence-electron chi connectivity index (χ4n) is 3.56. The summed E-state index contributed by atoms with van der Waals surface area (Å²) in [6, 6.07) is 0.117. The molecule has 0 saturated carbocycles. The van der Waals surface area contributed by atoms with Gasteiger partial charge in [-0.15, -0.1) is 0 Å². The van der Waals surface area contributed by atoms with Crippen LogP contribution in [0.25, 0.3) is 0 Å². The molecule has 1 aliphatic heterocycles. The molecule has 2 heterocycles. The average Bonchev–Trinajstić information content (AvgIpc) is 2.87. The first-order valence-corrected chi connectivity index (χ1v) is 11.2. The highest BCUT2D eigenvalue weighted by molar-refractivity contribution is 6.00. The Balaban J connectivity index is 0.00000722. The summed E-state index contributed by atoms with van der Waals surface area (Å²) < 4.78 is 48.0. The smallest absolute Gasteiger partial charge is 0.410 e. The normalized spacial score (nSPS) is 16.1. The molecule has 0 unspecified atom stereocenters. The molecule has 0 bridgehead atoms. The number of carbonyl (C=O) groups is 4. The van der Waals surface area contributed by atoms with Gasteiger partial charge >= 0.3 is 12.3 Å². The Hall–Kier alpha value is -3.68. The van der Waals surface area contributed by atoms with Crippen molar-refractivity contribution in [2.45, 2.75) is 39.0 Å². The molecule has 1 fully saturated rings. The van der Waals surface area contributed by atoms with E-state index >= 15 is 0 Å². The summed E-state index contributed by atoms with van der Waals surface area (Å²) in [5.41, 5.74) is -1.06. The van der Waals surface area contributed by atoms with E-state index < -0.39 is 48.0 Å². The van der Waals surface area contributed by atoms with Crippen LogP contribution in [-0.2, 0) is 14.3 Å². The third-order valence-electron chi connectivity index (χ3n) is 5.73. The molecule has 0 aromatic carbocycles. The molecular weight excluding hydrogens is 511 g/mol. The lowest BCUT2D eigenvalue weighted by molar-refractivity contribution is -0.145. The Morgan fingerprint density at radius 3 is 2.47 bits per heavy atom. The van der Waals surface area contributed by atoms with Crippen molar-refractivity contribution in [1.29, 1.82) is 0 Å². The number of amides is 3. The van der Waals surface area contributed by atoms with E-state index in [2.05, 4.69) is 16.9 Å². The van der Waals surface area contributed by atoms with E-state index in [0.717, 1.165) is 4.90 Å². The average molecular weight is 546 g/mol. The zero-order valence-corrected chi connectivity index (χ0v) is 20.8. The number of piperazine rings is 1. The number of alkyl halides is 3. The topological polar surface area (TPSA) is 130 Å². The second-order valence-corrected chi connectivity index (χ2v) is 8.63. The second kappa shape index (κ2) is 13.7. The Morgan fingerprint density at radius 1 is 1.18 bits per heavy atom. The molecule has 0 radical (unpaired) electrons. The van der Waals surface area contributed by atoms with Crippen LogP contribution in [0.3, 0.4) is 0 Å². The van der Waals surface area contributed by atoms with Crippen LogP contribution >= 0.6 is 0 Å². The number of pyridine rings is 1. The number of hydrogen-bond donors (Lipinski definition) is 2. The van der Waals surface area contributed by atoms with E-state index in [0.29, 0.717) is 5.75 Å². The molecule has 0 spiro atoms. The fourth-order valence-corrected chi connectivity index (χ4v) is 3.56. The minimum Gasteiger partial charge on any atom is -0.495 e. The Kier molecular flexibility index (Phi) is 11.7. The highest BCUT2D eigenvalue weighted by atomic mass is 19.4. The van der Waals surface area contributed by atoms with Crippen LogP contribution in [0, 0.1) is 0 Å². The first kappa shape index (κ1) is 32.3. The number of hydrogen-bond acceptors (Lipinski definition) is 8. The minimum atomic E-state index is -4.65. The summed E-state index contributed by atoms with van der Waals surface area (Å²) >= 11 is 0. The minimum absolute atomic E-state index is 0. The molecule has 1 aromatic heterocycles. The number of methoxy groups -OCH3 is 1. The van der Waals surface area contributed by atoms with Gasteiger partial charge in [0.1, 0.15) is 24.9 Å². The Labute approximate surface area is 219 Å². The van der Waals surface area contributed by atoms with Crippen molar-refractivity contribution in [3.63, 3.8) is 0 Å². The quantitative estimate of drug-likeness (QED) is 0.336. The van der Waals surface area contributed by atoms with Gasteiger partial charge in [0.2, 0.25) is 11.8 Å². The van der Waals surface area contributed by atoms with E-state index in [1.807, 2.05) is 0 Å². The molecule has 212 valence electrons. The predicted molar refractivity (Wildman–Crippen MR) is 132 cm³/mol. The highest BCUT2D eigenvalue weighted by Gasteiger charge is 2.44. The van der Waals surface area contributed by atoms with Crippen molar-refractivity contribution in [1.82, 2.24) is 25.4 Å². The van der Waals surface area contributed by atoms with Gasteiger partial charge in [-0.1, -0.05) is 20.1 Å². The molecule has 2 rings (SSSR count). The lowest BCUT2D eigenvalue weighted by Crippen LogP contribution is -2.67. The number of nitrogens with one attached hydrogen (secondary N) is 2. The van der Waals surface area contributed by atoms with E-state index in [9.17, 15) is 32.3 Å². The van der Waals surface area contributed by atoms with E-state index in [4.69, 9.17) is 9.47 Å². The van der Waals surface area contributed by atoms with Crippen LogP contribution in [0.4, 0.5) is 18.0 Å². The van der Waals surface area contributed by atoms with Gasteiger partial charge in [0.25, 0.3) is 0 Å². The third-order valence-corrected chi connectivity index (χ3v) is 5.73. The van der Waals surface area contributed by atoms with Crippen molar-refractivity contribution in [3.8, 4) is 5.75 Å². The standard InChI is InChI=1S/C23H30F3N5O6.CH4/c1-5-8-37-21(35)31-7-6-30(13-17(31)19(33)29-14-23(24,25)26)22(2,3)20(34)28-12-18(32)15-9-16(36-4)11-27-10-15;/h5,9-11,17H,1,6-8,12-14H2,2-4H3,(H,28,34)(H,29,33);1H4/t17-;/m0./s1. The van der Waals surface area contributed by atoms with Crippen molar-refractivity contribution < 1.29 is 41.8 Å². The van der Waals surface area contributed by atoms with Crippen LogP contribution < -0.4 is 15.4 Å². The number of carbonyl (C=O) groups excluding carboxylic acids is 4. The van der Waals surface area contributed by atoms with Gasteiger partial charge in [-0.3, -0.25) is 29.2 Å². The first-order valence-electron chi connectivity index (χ1n) is 11.2. The van der Waals surface area contributed by atoms with Gasteiger partial charge < -0.3 is 20.1 Å². The van der Waals surface area contributed by atoms with Crippen LogP contribution in [-0.4, -0.2) is 103 Å². The lowest BCUT2D eigenvalue weighted by atomic mass is 9.97. The number of nitrogens with zero attached hydrogens (tertiary/aromatic N) is 3. The van der Waals surface area contributed by atoms with Crippen LogP contribution in [0.5, 0.6) is 5.75 Å². The largest absolute Gasteiger partial charge is 0.495 e. The molecule has 11 nitrogen and oxygen atoms in total. The zero-order valence-electron chi connectivity index (χ0n) is 20.8. The number of rotatable bonds is 10. The summed E-state index contributed by atoms with van der Waals surface area (Å²) in [6.07, 6.45) is -1.49. The van der Waals surface area contributed by atoms with E-state index in [1.54, 1.807) is 10.2 Å². The summed E-state index contributed by atoms with van der Waals surface area (Å²) in [7, 11) is 1.42. The van der Waals surface area contributed by atoms with Gasteiger partial charge in [-0.2, -0.15) is 13.2 Å². The van der Waals surface area contributed by atoms with E-state index in [1.165, 1.54) is 45.5 Å². The molecule has 1 aliphatic rings. The molecule has 0 aliphatic carbocycles. The number of halogens is 3. The van der Waals surface area contributed by atoms with E-state index in [-0.39, 0.29) is 45.8 Å². The van der Waals surface area contributed by atoms with Crippen molar-refractivity contribution in [3.05, 3.63) is 36.7 Å². The summed E-state index contributed by atoms with van der Waals surface area (Å²) in [5.74, 6) is -1.66. The molecular formula is C24H34F3N5O6. The summed E-state index contributed by atoms with van der Waals surface area (Å²) in [6.45, 7) is 4.19. The predicted octanol–water partition coefficient (Wildman–Crippen LogP) is 1.79. The lowest BCUT2D eigenvalue weighted by Gasteiger charge is -2.45. The Bertz CT molecular complexity index is 1020. The molecule has 1 atom stereocenters. The van der Waals surface area contributed by atoms with Gasteiger partial charge in [0.05, 0.1) is 25.4 Å². The molecule has 38 heavy (non-hydrogen) atoms. The van der Waals surface area contributed by atoms with Crippen molar-refractivity contribution in [2.24, 2.45) is 0 Å². The summed E-state index contributed by atoms with van der Waals surface area (Å²) in [4.78, 5) is 57.0. The molecule has 2 N–H and O–H groups in total. The molecule has 3 amide bonds. The Morgan fingerprint density at radius 2 is 1.87 bits per heavy atom. The number of ether oxygens (including phenoxy) is 2. The SMILES string of the molecule is C.C=CCOC(=O)N1CCN(C(C)(C)C(=O)NCC(=O)c2cncc(OC)c2)C[C@H]1C(=O)NCC(F)(F)F. The van der Waals surface area contributed by atoms with Gasteiger partial charge in [-0.25, -0.2) is 4.79 Å². The second-order valence-electron chi connectivity index (χ2n) is 8.63. The van der Waals surface area contributed by atoms with Crippen LogP contribution in [0.15, 0.2) is 31.1 Å². The number of ketones is 1.